The number of rotatable bonds is 6. The lowest BCUT2D eigenvalue weighted by Crippen LogP contribution is -2.39. The van der Waals surface area contributed by atoms with Crippen molar-refractivity contribution in [1.82, 2.24) is 19.9 Å². The number of fused-ring (bicyclic) bond motifs is 1. The second kappa shape index (κ2) is 9.05. The van der Waals surface area contributed by atoms with Crippen LogP contribution in [0.25, 0.3) is 0 Å². The van der Waals surface area contributed by atoms with Crippen molar-refractivity contribution in [3.8, 4) is 11.6 Å². The third kappa shape index (κ3) is 4.46. The van der Waals surface area contributed by atoms with Gasteiger partial charge in [0, 0.05) is 63.0 Å². The lowest BCUT2D eigenvalue weighted by Gasteiger charge is -2.33. The first-order valence-corrected chi connectivity index (χ1v) is 11.2. The minimum atomic E-state index is -0.00622. The second-order valence-corrected chi connectivity index (χ2v) is 8.49. The Balaban J connectivity index is 1.24. The van der Waals surface area contributed by atoms with Crippen molar-refractivity contribution in [1.29, 1.82) is 0 Å². The fourth-order valence-corrected chi connectivity index (χ4v) is 4.48. The zero-order valence-electron chi connectivity index (χ0n) is 18.9. The monoisotopic (exact) mass is 445 g/mol. The summed E-state index contributed by atoms with van der Waals surface area (Å²) >= 11 is 0. The highest BCUT2D eigenvalue weighted by Gasteiger charge is 2.31. The Morgan fingerprint density at radius 3 is 2.61 bits per heavy atom. The number of anilines is 1. The molecule has 5 heterocycles. The summed E-state index contributed by atoms with van der Waals surface area (Å²) in [6.45, 7) is 4.89. The number of ether oxygens (including phenoxy) is 2. The molecule has 0 saturated carbocycles. The molecule has 0 bridgehead atoms. The molecule has 170 valence electrons. The number of aromatic nitrogens is 3. The van der Waals surface area contributed by atoms with E-state index in [4.69, 9.17) is 14.5 Å². The molecule has 0 atom stereocenters. The maximum atomic E-state index is 13.0. The van der Waals surface area contributed by atoms with E-state index in [2.05, 4.69) is 27.9 Å². The highest BCUT2D eigenvalue weighted by molar-refractivity contribution is 5.97. The molecular weight excluding hydrogens is 418 g/mol. The van der Waals surface area contributed by atoms with Crippen LogP contribution in [0.4, 0.5) is 5.82 Å². The predicted molar refractivity (Wildman–Crippen MR) is 123 cm³/mol. The van der Waals surface area contributed by atoms with E-state index in [1.54, 1.807) is 31.8 Å². The number of aryl methyl sites for hydroxylation is 1. The Labute approximate surface area is 193 Å². The number of nitrogens with zero attached hydrogens (tertiary/aromatic N) is 5. The molecule has 2 aliphatic rings. The Morgan fingerprint density at radius 2 is 1.91 bits per heavy atom. The number of pyridine rings is 3. The molecule has 0 aliphatic carbocycles. The van der Waals surface area contributed by atoms with Gasteiger partial charge in [-0.05, 0) is 42.3 Å². The summed E-state index contributed by atoms with van der Waals surface area (Å²) in [5.74, 6) is 2.22. The molecule has 1 fully saturated rings. The fourth-order valence-electron chi connectivity index (χ4n) is 4.48. The van der Waals surface area contributed by atoms with Crippen LogP contribution in [-0.2, 0) is 13.1 Å². The molecule has 1 amide bonds. The molecule has 3 aromatic rings. The summed E-state index contributed by atoms with van der Waals surface area (Å²) in [6, 6.07) is 9.68. The lowest BCUT2D eigenvalue weighted by atomic mass is 10.1. The number of carbonyl (C=O) groups is 1. The number of amides is 1. The zero-order valence-corrected chi connectivity index (χ0v) is 18.9. The van der Waals surface area contributed by atoms with Crippen LogP contribution in [0.3, 0.4) is 0 Å². The van der Waals surface area contributed by atoms with Gasteiger partial charge in [-0.15, -0.1) is 0 Å². The summed E-state index contributed by atoms with van der Waals surface area (Å²) in [5.41, 5.74) is 3.75. The van der Waals surface area contributed by atoms with Crippen molar-refractivity contribution in [3.63, 3.8) is 0 Å². The molecular formula is C25H27N5O3. The zero-order chi connectivity index (χ0) is 22.8. The molecule has 33 heavy (non-hydrogen) atoms. The van der Waals surface area contributed by atoms with Gasteiger partial charge in [-0.2, -0.15) is 0 Å². The third-order valence-corrected chi connectivity index (χ3v) is 6.20. The van der Waals surface area contributed by atoms with Crippen molar-refractivity contribution in [2.45, 2.75) is 39.0 Å². The van der Waals surface area contributed by atoms with Crippen LogP contribution in [-0.4, -0.2) is 52.1 Å². The summed E-state index contributed by atoms with van der Waals surface area (Å²) < 4.78 is 11.2. The van der Waals surface area contributed by atoms with E-state index >= 15 is 0 Å². The third-order valence-electron chi connectivity index (χ3n) is 6.20. The van der Waals surface area contributed by atoms with Crippen LogP contribution >= 0.6 is 0 Å². The first kappa shape index (κ1) is 21.2. The maximum Gasteiger partial charge on any atom is 0.273 e. The van der Waals surface area contributed by atoms with E-state index in [-0.39, 0.29) is 12.0 Å². The largest absolute Gasteiger partial charge is 0.489 e. The average Bonchev–Trinajstić information content (AvgIpc) is 3.14. The van der Waals surface area contributed by atoms with E-state index in [0.29, 0.717) is 24.7 Å². The van der Waals surface area contributed by atoms with E-state index < -0.39 is 0 Å². The highest BCUT2D eigenvalue weighted by atomic mass is 16.5. The Hall–Kier alpha value is -3.68. The van der Waals surface area contributed by atoms with Gasteiger partial charge in [0.1, 0.15) is 23.4 Å². The molecule has 3 aromatic heterocycles. The van der Waals surface area contributed by atoms with Gasteiger partial charge in [0.15, 0.2) is 0 Å². The van der Waals surface area contributed by atoms with Crippen molar-refractivity contribution in [2.75, 3.05) is 25.1 Å². The van der Waals surface area contributed by atoms with Crippen molar-refractivity contribution in [2.24, 2.45) is 0 Å². The first-order valence-electron chi connectivity index (χ1n) is 11.2. The van der Waals surface area contributed by atoms with Gasteiger partial charge in [-0.1, -0.05) is 0 Å². The number of hydrogen-bond acceptors (Lipinski definition) is 7. The van der Waals surface area contributed by atoms with Crippen LogP contribution in [0.2, 0.25) is 0 Å². The maximum absolute atomic E-state index is 13.0. The van der Waals surface area contributed by atoms with Gasteiger partial charge in [0.2, 0.25) is 5.88 Å². The predicted octanol–water partition coefficient (Wildman–Crippen LogP) is 3.39. The molecule has 8 nitrogen and oxygen atoms in total. The first-order chi connectivity index (χ1) is 16.1. The quantitative estimate of drug-likeness (QED) is 0.575. The van der Waals surface area contributed by atoms with Gasteiger partial charge in [0.25, 0.3) is 5.91 Å². The minimum Gasteiger partial charge on any atom is -0.489 e. The summed E-state index contributed by atoms with van der Waals surface area (Å²) in [7, 11) is 1.60. The molecule has 0 unspecified atom stereocenters. The number of hydrogen-bond donors (Lipinski definition) is 0. The topological polar surface area (TPSA) is 80.7 Å². The Morgan fingerprint density at radius 1 is 1.12 bits per heavy atom. The van der Waals surface area contributed by atoms with Gasteiger partial charge in [-0.3, -0.25) is 9.78 Å². The molecule has 0 N–H and O–H groups in total. The van der Waals surface area contributed by atoms with Crippen molar-refractivity contribution >= 4 is 11.7 Å². The number of methoxy groups -OCH3 is 1. The summed E-state index contributed by atoms with van der Waals surface area (Å²) in [4.78, 5) is 30.2. The highest BCUT2D eigenvalue weighted by Crippen LogP contribution is 2.30. The van der Waals surface area contributed by atoms with Crippen molar-refractivity contribution in [3.05, 3.63) is 71.3 Å². The molecule has 5 rings (SSSR count). The summed E-state index contributed by atoms with van der Waals surface area (Å²) in [6.07, 6.45) is 7.09. The molecule has 0 aromatic carbocycles. The van der Waals surface area contributed by atoms with E-state index in [9.17, 15) is 4.79 Å². The second-order valence-electron chi connectivity index (χ2n) is 8.49. The van der Waals surface area contributed by atoms with Gasteiger partial charge in [0.05, 0.1) is 13.3 Å². The van der Waals surface area contributed by atoms with Crippen LogP contribution in [0, 0.1) is 6.92 Å². The van der Waals surface area contributed by atoms with Crippen LogP contribution in [0.15, 0.2) is 48.9 Å². The molecule has 0 spiro atoms. The number of carbonyl (C=O) groups excluding carboxylic acids is 1. The van der Waals surface area contributed by atoms with E-state index in [1.165, 1.54) is 0 Å². The smallest absolute Gasteiger partial charge is 0.273 e. The summed E-state index contributed by atoms with van der Waals surface area (Å²) in [5, 5.41) is 0. The standard InChI is InChI=1S/C25H27N5O3/c1-17-13-19-16-30(15-18-5-9-26-10-6-18)25(31)23(19)28-24(17)29-11-7-20(8-12-29)33-21-3-4-22(32-2)27-14-21/h3-6,9-10,13-14,20H,7-8,11-12,15-16H2,1-2H3. The van der Waals surface area contributed by atoms with Crippen LogP contribution < -0.4 is 14.4 Å². The van der Waals surface area contributed by atoms with Crippen LogP contribution in [0.1, 0.15) is 40.0 Å². The SMILES string of the molecule is COc1ccc(OC2CCN(c3nc4c(cc3C)CN(Cc3ccncc3)C4=O)CC2)cn1. The number of piperidine rings is 1. The molecule has 2 aliphatic heterocycles. The average molecular weight is 446 g/mol. The molecule has 8 heteroatoms. The van der Waals surface area contributed by atoms with E-state index in [1.807, 2.05) is 23.1 Å². The Bertz CT molecular complexity index is 1130. The normalized spacial score (nSPS) is 16.1. The minimum absolute atomic E-state index is 0.00622. The molecule has 0 radical (unpaired) electrons. The van der Waals surface area contributed by atoms with Crippen LogP contribution in [0.5, 0.6) is 11.6 Å². The van der Waals surface area contributed by atoms with Gasteiger partial charge >= 0.3 is 0 Å². The van der Waals surface area contributed by atoms with Gasteiger partial charge in [-0.25, -0.2) is 9.97 Å². The van der Waals surface area contributed by atoms with E-state index in [0.717, 1.165) is 54.2 Å². The van der Waals surface area contributed by atoms with Gasteiger partial charge < -0.3 is 19.3 Å². The molecule has 1 saturated heterocycles. The van der Waals surface area contributed by atoms with Crippen molar-refractivity contribution < 1.29 is 14.3 Å². The Kier molecular flexibility index (Phi) is 5.81. The lowest BCUT2D eigenvalue weighted by molar-refractivity contribution is 0.0762. The fraction of sp³-hybridized carbons (Fsp3) is 0.360.